The summed E-state index contributed by atoms with van der Waals surface area (Å²) in [6, 6.07) is 6.65. The van der Waals surface area contributed by atoms with E-state index in [1.54, 1.807) is 7.11 Å². The van der Waals surface area contributed by atoms with Crippen LogP contribution in [0.2, 0.25) is 0 Å². The lowest BCUT2D eigenvalue weighted by Gasteiger charge is -2.09. The van der Waals surface area contributed by atoms with Crippen LogP contribution in [0.3, 0.4) is 0 Å². The lowest BCUT2D eigenvalue weighted by molar-refractivity contribution is 0.409. The summed E-state index contributed by atoms with van der Waals surface area (Å²) < 4.78 is 5.45. The van der Waals surface area contributed by atoms with E-state index in [1.165, 1.54) is 24.0 Å². The Kier molecular flexibility index (Phi) is 3.27. The van der Waals surface area contributed by atoms with Crippen LogP contribution in [0.1, 0.15) is 29.9 Å². The van der Waals surface area contributed by atoms with Gasteiger partial charge in [-0.05, 0) is 56.0 Å². The Morgan fingerprint density at radius 2 is 2.20 bits per heavy atom. The maximum absolute atomic E-state index is 5.45. The molecule has 1 aromatic rings. The predicted molar refractivity (Wildman–Crippen MR) is 62.6 cm³/mol. The molecule has 2 rings (SSSR count). The summed E-state index contributed by atoms with van der Waals surface area (Å²) in [5.74, 6) is 1.84. The third-order valence-electron chi connectivity index (χ3n) is 2.98. The first-order valence-electron chi connectivity index (χ1n) is 5.66. The standard InChI is InChI=1S/C13H19NO/c1-14-8-7-10-3-6-12(11-4-5-11)13(9-10)15-2/h3,6,9,11,14H,4-5,7-8H2,1-2H3. The highest BCUT2D eigenvalue weighted by atomic mass is 16.5. The van der Waals surface area contributed by atoms with Crippen LogP contribution in [-0.4, -0.2) is 20.7 Å². The first-order chi connectivity index (χ1) is 7.35. The van der Waals surface area contributed by atoms with Crippen molar-refractivity contribution in [2.75, 3.05) is 20.7 Å². The van der Waals surface area contributed by atoms with Crippen LogP contribution in [0.15, 0.2) is 18.2 Å². The molecule has 0 aromatic heterocycles. The quantitative estimate of drug-likeness (QED) is 0.796. The second-order valence-electron chi connectivity index (χ2n) is 4.20. The predicted octanol–water partition coefficient (Wildman–Crippen LogP) is 2.33. The monoisotopic (exact) mass is 205 g/mol. The van der Waals surface area contributed by atoms with Gasteiger partial charge in [-0.25, -0.2) is 0 Å². The van der Waals surface area contributed by atoms with Crippen molar-refractivity contribution in [3.8, 4) is 5.75 Å². The van der Waals surface area contributed by atoms with Gasteiger partial charge in [0.15, 0.2) is 0 Å². The topological polar surface area (TPSA) is 21.3 Å². The third-order valence-corrected chi connectivity index (χ3v) is 2.98. The molecule has 2 heteroatoms. The van der Waals surface area contributed by atoms with Crippen molar-refractivity contribution in [2.24, 2.45) is 0 Å². The molecule has 82 valence electrons. The average Bonchev–Trinajstić information content (AvgIpc) is 3.09. The van der Waals surface area contributed by atoms with Crippen molar-refractivity contribution in [1.82, 2.24) is 5.32 Å². The Bertz CT molecular complexity index is 331. The van der Waals surface area contributed by atoms with Gasteiger partial charge in [-0.15, -0.1) is 0 Å². The Balaban J connectivity index is 2.14. The fourth-order valence-electron chi connectivity index (χ4n) is 1.91. The van der Waals surface area contributed by atoms with Crippen LogP contribution in [0.25, 0.3) is 0 Å². The zero-order valence-electron chi connectivity index (χ0n) is 9.55. The van der Waals surface area contributed by atoms with Gasteiger partial charge in [0.2, 0.25) is 0 Å². The molecule has 0 atom stereocenters. The Morgan fingerprint density at radius 1 is 1.40 bits per heavy atom. The number of rotatable bonds is 5. The molecule has 1 aromatic carbocycles. The van der Waals surface area contributed by atoms with Gasteiger partial charge in [-0.1, -0.05) is 12.1 Å². The normalized spacial score (nSPS) is 15.3. The number of methoxy groups -OCH3 is 1. The van der Waals surface area contributed by atoms with Crippen LogP contribution < -0.4 is 10.1 Å². The molecule has 2 nitrogen and oxygen atoms in total. The summed E-state index contributed by atoms with van der Waals surface area (Å²) in [4.78, 5) is 0. The minimum absolute atomic E-state index is 0.762. The van der Waals surface area contributed by atoms with Gasteiger partial charge in [0.05, 0.1) is 7.11 Å². The summed E-state index contributed by atoms with van der Waals surface area (Å²) >= 11 is 0. The van der Waals surface area contributed by atoms with Crippen LogP contribution in [0.5, 0.6) is 5.75 Å². The highest BCUT2D eigenvalue weighted by molar-refractivity contribution is 5.41. The number of likely N-dealkylation sites (N-methyl/N-ethyl adjacent to an activating group) is 1. The zero-order valence-corrected chi connectivity index (χ0v) is 9.55. The van der Waals surface area contributed by atoms with E-state index >= 15 is 0 Å². The van der Waals surface area contributed by atoms with Crippen LogP contribution in [0, 0.1) is 0 Å². The molecular weight excluding hydrogens is 186 g/mol. The second kappa shape index (κ2) is 4.67. The summed E-state index contributed by atoms with van der Waals surface area (Å²) in [5, 5.41) is 3.16. The van der Waals surface area contributed by atoms with Crippen molar-refractivity contribution in [2.45, 2.75) is 25.2 Å². The van der Waals surface area contributed by atoms with Gasteiger partial charge in [-0.3, -0.25) is 0 Å². The van der Waals surface area contributed by atoms with Crippen molar-refractivity contribution < 1.29 is 4.74 Å². The fourth-order valence-corrected chi connectivity index (χ4v) is 1.91. The molecule has 1 saturated carbocycles. The van der Waals surface area contributed by atoms with Crippen molar-refractivity contribution in [1.29, 1.82) is 0 Å². The maximum atomic E-state index is 5.45. The molecule has 1 N–H and O–H groups in total. The van der Waals surface area contributed by atoms with E-state index in [4.69, 9.17) is 4.74 Å². The molecule has 0 heterocycles. The highest BCUT2D eigenvalue weighted by Gasteiger charge is 2.26. The van der Waals surface area contributed by atoms with Gasteiger partial charge in [-0.2, -0.15) is 0 Å². The number of nitrogens with one attached hydrogen (secondary N) is 1. The molecule has 0 spiro atoms. The Morgan fingerprint density at radius 3 is 2.80 bits per heavy atom. The van der Waals surface area contributed by atoms with E-state index in [1.807, 2.05) is 7.05 Å². The number of benzene rings is 1. The van der Waals surface area contributed by atoms with Crippen LogP contribution >= 0.6 is 0 Å². The molecule has 0 radical (unpaired) electrons. The molecule has 0 aliphatic heterocycles. The molecule has 0 saturated heterocycles. The molecule has 0 bridgehead atoms. The largest absolute Gasteiger partial charge is 0.496 e. The number of ether oxygens (including phenoxy) is 1. The summed E-state index contributed by atoms with van der Waals surface area (Å²) in [7, 11) is 3.75. The first kappa shape index (κ1) is 10.5. The lowest BCUT2D eigenvalue weighted by Crippen LogP contribution is -2.10. The van der Waals surface area contributed by atoms with Gasteiger partial charge in [0.1, 0.15) is 5.75 Å². The maximum Gasteiger partial charge on any atom is 0.122 e. The minimum atomic E-state index is 0.762. The highest BCUT2D eigenvalue weighted by Crippen LogP contribution is 2.44. The average molecular weight is 205 g/mol. The molecule has 1 fully saturated rings. The summed E-state index contributed by atoms with van der Waals surface area (Å²) in [6.07, 6.45) is 3.72. The van der Waals surface area contributed by atoms with E-state index in [-0.39, 0.29) is 0 Å². The van der Waals surface area contributed by atoms with E-state index in [0.717, 1.165) is 24.6 Å². The summed E-state index contributed by atoms with van der Waals surface area (Å²) in [5.41, 5.74) is 2.75. The third kappa shape index (κ3) is 2.51. The van der Waals surface area contributed by atoms with E-state index < -0.39 is 0 Å². The molecule has 1 aliphatic rings. The summed E-state index contributed by atoms with van der Waals surface area (Å²) in [6.45, 7) is 1.02. The lowest BCUT2D eigenvalue weighted by atomic mass is 10.0. The number of hydrogen-bond donors (Lipinski definition) is 1. The second-order valence-corrected chi connectivity index (χ2v) is 4.20. The molecule has 0 unspecified atom stereocenters. The van der Waals surface area contributed by atoms with Gasteiger partial charge >= 0.3 is 0 Å². The Hall–Kier alpha value is -1.02. The van der Waals surface area contributed by atoms with Crippen LogP contribution in [-0.2, 0) is 6.42 Å². The van der Waals surface area contributed by atoms with Gasteiger partial charge in [0.25, 0.3) is 0 Å². The molecule has 15 heavy (non-hydrogen) atoms. The zero-order chi connectivity index (χ0) is 10.7. The molecule has 0 amide bonds. The van der Waals surface area contributed by atoms with E-state index in [9.17, 15) is 0 Å². The van der Waals surface area contributed by atoms with Gasteiger partial charge in [0, 0.05) is 0 Å². The fraction of sp³-hybridized carbons (Fsp3) is 0.538. The van der Waals surface area contributed by atoms with E-state index in [0.29, 0.717) is 0 Å². The smallest absolute Gasteiger partial charge is 0.122 e. The number of hydrogen-bond acceptors (Lipinski definition) is 2. The van der Waals surface area contributed by atoms with Crippen molar-refractivity contribution in [3.05, 3.63) is 29.3 Å². The van der Waals surface area contributed by atoms with Crippen molar-refractivity contribution >= 4 is 0 Å². The Labute approximate surface area is 91.6 Å². The van der Waals surface area contributed by atoms with Gasteiger partial charge < -0.3 is 10.1 Å². The minimum Gasteiger partial charge on any atom is -0.496 e. The van der Waals surface area contributed by atoms with Crippen molar-refractivity contribution in [3.63, 3.8) is 0 Å². The first-order valence-corrected chi connectivity index (χ1v) is 5.66. The van der Waals surface area contributed by atoms with E-state index in [2.05, 4.69) is 23.5 Å². The molecular formula is C13H19NO. The molecule has 1 aliphatic carbocycles. The van der Waals surface area contributed by atoms with Crippen LogP contribution in [0.4, 0.5) is 0 Å². The SMILES string of the molecule is CNCCc1ccc(C2CC2)c(OC)c1.